The molecule has 1 saturated carbocycles. The molecule has 2 aliphatic heterocycles. The van der Waals surface area contributed by atoms with Gasteiger partial charge in [-0.05, 0) is 31.6 Å². The average molecular weight is 309 g/mol. The van der Waals surface area contributed by atoms with Crippen molar-refractivity contribution in [1.29, 1.82) is 0 Å². The van der Waals surface area contributed by atoms with Crippen molar-refractivity contribution in [3.05, 3.63) is 0 Å². The Morgan fingerprint density at radius 1 is 1.18 bits per heavy atom. The van der Waals surface area contributed by atoms with Crippen LogP contribution in [0.4, 0.5) is 0 Å². The second kappa shape index (κ2) is 8.27. The number of piperidine rings is 1. The highest BCUT2D eigenvalue weighted by Crippen LogP contribution is 2.26. The van der Waals surface area contributed by atoms with Gasteiger partial charge in [0.05, 0.1) is 13.2 Å². The van der Waals surface area contributed by atoms with Crippen molar-refractivity contribution in [2.24, 2.45) is 5.92 Å². The van der Waals surface area contributed by atoms with Gasteiger partial charge in [0.1, 0.15) is 0 Å². The maximum Gasteiger partial charge on any atom is 0.221 e. The number of hydrogen-bond donors (Lipinski definition) is 2. The Labute approximate surface area is 134 Å². The molecule has 0 aromatic heterocycles. The molecule has 3 rings (SSSR count). The van der Waals surface area contributed by atoms with E-state index in [0.29, 0.717) is 19.1 Å². The van der Waals surface area contributed by atoms with Crippen LogP contribution in [0.2, 0.25) is 0 Å². The van der Waals surface area contributed by atoms with Gasteiger partial charge in [-0.1, -0.05) is 12.8 Å². The molecule has 3 aliphatic rings. The molecule has 22 heavy (non-hydrogen) atoms. The van der Waals surface area contributed by atoms with Gasteiger partial charge in [-0.2, -0.15) is 0 Å². The van der Waals surface area contributed by atoms with Gasteiger partial charge < -0.3 is 20.3 Å². The summed E-state index contributed by atoms with van der Waals surface area (Å²) < 4.78 is 5.40. The summed E-state index contributed by atoms with van der Waals surface area (Å²) in [5, 5.41) is 6.56. The third-order valence-electron chi connectivity index (χ3n) is 5.37. The minimum atomic E-state index is 0.178. The average Bonchev–Trinajstić information content (AvgIpc) is 3.03. The predicted molar refractivity (Wildman–Crippen MR) is 86.8 cm³/mol. The van der Waals surface area contributed by atoms with Crippen LogP contribution in [0, 0.1) is 5.92 Å². The lowest BCUT2D eigenvalue weighted by atomic mass is 10.0. The van der Waals surface area contributed by atoms with Crippen LogP contribution in [-0.2, 0) is 9.53 Å². The first kappa shape index (κ1) is 16.2. The molecule has 1 aliphatic carbocycles. The fraction of sp³-hybridized carbons (Fsp3) is 0.941. The molecule has 2 N–H and O–H groups in total. The zero-order valence-electron chi connectivity index (χ0n) is 13.7. The Morgan fingerprint density at radius 2 is 1.95 bits per heavy atom. The summed E-state index contributed by atoms with van der Waals surface area (Å²) in [5.41, 5.74) is 0. The molecule has 1 atom stereocenters. The van der Waals surface area contributed by atoms with Crippen LogP contribution in [0.1, 0.15) is 44.9 Å². The third kappa shape index (κ3) is 4.93. The lowest BCUT2D eigenvalue weighted by Gasteiger charge is -2.34. The van der Waals surface area contributed by atoms with Gasteiger partial charge in [-0.25, -0.2) is 0 Å². The zero-order chi connectivity index (χ0) is 15.2. The van der Waals surface area contributed by atoms with Crippen LogP contribution < -0.4 is 10.6 Å². The molecule has 0 bridgehead atoms. The first-order chi connectivity index (χ1) is 10.8. The molecular formula is C17H31N3O2. The summed E-state index contributed by atoms with van der Waals surface area (Å²) in [7, 11) is 0. The lowest BCUT2D eigenvalue weighted by molar-refractivity contribution is -0.123. The molecule has 3 fully saturated rings. The third-order valence-corrected chi connectivity index (χ3v) is 5.37. The number of nitrogens with one attached hydrogen (secondary N) is 2. The number of morpholine rings is 1. The Morgan fingerprint density at radius 3 is 2.64 bits per heavy atom. The SMILES string of the molecule is O=C(CC1COCCN1)NC1CCN(CC2CCCC2)CC1. The van der Waals surface area contributed by atoms with E-state index in [1.165, 1.54) is 32.2 Å². The maximum atomic E-state index is 12.1. The number of amides is 1. The van der Waals surface area contributed by atoms with Crippen molar-refractivity contribution in [2.45, 2.75) is 57.0 Å². The molecule has 0 radical (unpaired) electrons. The molecule has 0 aromatic carbocycles. The van der Waals surface area contributed by atoms with Crippen molar-refractivity contribution in [3.63, 3.8) is 0 Å². The van der Waals surface area contributed by atoms with E-state index in [1.54, 1.807) is 0 Å². The zero-order valence-corrected chi connectivity index (χ0v) is 13.7. The van der Waals surface area contributed by atoms with E-state index in [0.717, 1.165) is 45.0 Å². The van der Waals surface area contributed by atoms with Crippen molar-refractivity contribution in [3.8, 4) is 0 Å². The predicted octanol–water partition coefficient (Wildman–Crippen LogP) is 1.14. The first-order valence-corrected chi connectivity index (χ1v) is 9.12. The fourth-order valence-electron chi connectivity index (χ4n) is 4.08. The molecule has 5 heteroatoms. The molecule has 1 amide bonds. The van der Waals surface area contributed by atoms with Crippen LogP contribution in [0.15, 0.2) is 0 Å². The monoisotopic (exact) mass is 309 g/mol. The molecular weight excluding hydrogens is 278 g/mol. The van der Waals surface area contributed by atoms with Gasteiger partial charge in [0.2, 0.25) is 5.91 Å². The second-order valence-electron chi connectivity index (χ2n) is 7.22. The van der Waals surface area contributed by atoms with Gasteiger partial charge in [0.15, 0.2) is 0 Å². The van der Waals surface area contributed by atoms with Crippen LogP contribution in [0.5, 0.6) is 0 Å². The smallest absolute Gasteiger partial charge is 0.221 e. The Kier molecular flexibility index (Phi) is 6.10. The minimum absolute atomic E-state index is 0.178. The topological polar surface area (TPSA) is 53.6 Å². The van der Waals surface area contributed by atoms with Crippen LogP contribution in [0.25, 0.3) is 0 Å². The highest BCUT2D eigenvalue weighted by molar-refractivity contribution is 5.76. The summed E-state index contributed by atoms with van der Waals surface area (Å²) >= 11 is 0. The van der Waals surface area contributed by atoms with Crippen LogP contribution >= 0.6 is 0 Å². The van der Waals surface area contributed by atoms with Gasteiger partial charge in [0.25, 0.3) is 0 Å². The number of rotatable bonds is 5. The van der Waals surface area contributed by atoms with E-state index in [1.807, 2.05) is 0 Å². The summed E-state index contributed by atoms with van der Waals surface area (Å²) in [6.07, 6.45) is 8.45. The second-order valence-corrected chi connectivity index (χ2v) is 7.22. The van der Waals surface area contributed by atoms with E-state index >= 15 is 0 Å². The maximum absolute atomic E-state index is 12.1. The number of hydrogen-bond acceptors (Lipinski definition) is 4. The summed E-state index contributed by atoms with van der Waals surface area (Å²) in [6, 6.07) is 0.563. The first-order valence-electron chi connectivity index (χ1n) is 9.12. The van der Waals surface area contributed by atoms with Crippen molar-refractivity contribution >= 4 is 5.91 Å². The molecule has 0 spiro atoms. The summed E-state index contributed by atoms with van der Waals surface area (Å²) in [6.45, 7) is 5.85. The van der Waals surface area contributed by atoms with Crippen molar-refractivity contribution in [1.82, 2.24) is 15.5 Å². The summed E-state index contributed by atoms with van der Waals surface area (Å²) in [5.74, 6) is 1.11. The van der Waals surface area contributed by atoms with Crippen molar-refractivity contribution < 1.29 is 9.53 Å². The quantitative estimate of drug-likeness (QED) is 0.799. The number of carbonyl (C=O) groups excluding carboxylic acids is 1. The Hall–Kier alpha value is -0.650. The largest absolute Gasteiger partial charge is 0.378 e. The van der Waals surface area contributed by atoms with Gasteiger partial charge in [-0.15, -0.1) is 0 Å². The molecule has 0 aromatic rings. The Balaban J connectivity index is 1.31. The van der Waals surface area contributed by atoms with E-state index in [-0.39, 0.29) is 11.9 Å². The lowest BCUT2D eigenvalue weighted by Crippen LogP contribution is -2.48. The Bertz CT molecular complexity index is 344. The van der Waals surface area contributed by atoms with E-state index < -0.39 is 0 Å². The molecule has 126 valence electrons. The number of nitrogens with zero attached hydrogens (tertiary/aromatic N) is 1. The van der Waals surface area contributed by atoms with Crippen molar-refractivity contribution in [2.75, 3.05) is 39.4 Å². The fourth-order valence-corrected chi connectivity index (χ4v) is 4.08. The molecule has 1 unspecified atom stereocenters. The van der Waals surface area contributed by atoms with E-state index in [9.17, 15) is 4.79 Å². The van der Waals surface area contributed by atoms with E-state index in [4.69, 9.17) is 4.74 Å². The molecule has 5 nitrogen and oxygen atoms in total. The summed E-state index contributed by atoms with van der Waals surface area (Å²) in [4.78, 5) is 14.7. The molecule has 2 heterocycles. The number of carbonyl (C=O) groups is 1. The minimum Gasteiger partial charge on any atom is -0.378 e. The van der Waals surface area contributed by atoms with Crippen LogP contribution in [0.3, 0.4) is 0 Å². The van der Waals surface area contributed by atoms with Gasteiger partial charge in [0, 0.05) is 44.7 Å². The highest BCUT2D eigenvalue weighted by atomic mass is 16.5. The number of ether oxygens (including phenoxy) is 1. The van der Waals surface area contributed by atoms with Gasteiger partial charge >= 0.3 is 0 Å². The highest BCUT2D eigenvalue weighted by Gasteiger charge is 2.25. The van der Waals surface area contributed by atoms with Gasteiger partial charge in [-0.3, -0.25) is 4.79 Å². The molecule has 2 saturated heterocycles. The van der Waals surface area contributed by atoms with E-state index in [2.05, 4.69) is 15.5 Å². The standard InChI is InChI=1S/C17H31N3O2/c21-17(11-16-13-22-10-7-18-16)19-15-5-8-20(9-6-15)12-14-3-1-2-4-14/h14-16,18H,1-13H2,(H,19,21). The normalized spacial score (nSPS) is 28.8. The number of likely N-dealkylation sites (tertiary alicyclic amines) is 1. The van der Waals surface area contributed by atoms with Crippen LogP contribution in [-0.4, -0.2) is 62.3 Å².